The maximum atomic E-state index is 12.9. The summed E-state index contributed by atoms with van der Waals surface area (Å²) in [5, 5.41) is 16.3. The maximum absolute atomic E-state index is 12.9. The fourth-order valence-corrected chi connectivity index (χ4v) is 3.74. The molecule has 3 rings (SSSR count). The highest BCUT2D eigenvalue weighted by atomic mass is 32.1. The predicted octanol–water partition coefficient (Wildman–Crippen LogP) is 2.15. The van der Waals surface area contributed by atoms with Gasteiger partial charge in [0.15, 0.2) is 5.13 Å². The molecule has 0 bridgehead atoms. The lowest BCUT2D eigenvalue weighted by Crippen LogP contribution is -2.41. The molecule has 7 nitrogen and oxygen atoms in total. The number of nitrogens with two attached hydrogens (primary N) is 1. The molecule has 0 unspecified atom stereocenters. The van der Waals surface area contributed by atoms with Gasteiger partial charge in [-0.2, -0.15) is 0 Å². The zero-order chi connectivity index (χ0) is 22.2. The number of rotatable bonds is 9. The van der Waals surface area contributed by atoms with Crippen LogP contribution < -0.4 is 16.4 Å². The van der Waals surface area contributed by atoms with Crippen LogP contribution in [0.5, 0.6) is 0 Å². The molecule has 0 aliphatic carbocycles. The minimum Gasteiger partial charge on any atom is -0.383 e. The van der Waals surface area contributed by atoms with Gasteiger partial charge < -0.3 is 21.5 Å². The molecular weight excluding hydrogens is 412 g/mol. The van der Waals surface area contributed by atoms with E-state index in [9.17, 15) is 14.7 Å². The third-order valence-corrected chi connectivity index (χ3v) is 5.69. The number of hydrogen-bond donors (Lipinski definition) is 4. The number of benzene rings is 2. The van der Waals surface area contributed by atoms with Gasteiger partial charge in [-0.15, -0.1) is 11.3 Å². The average molecular weight is 439 g/mol. The number of aliphatic hydroxyl groups is 1. The molecule has 8 heteroatoms. The second-order valence-electron chi connectivity index (χ2n) is 7.30. The Morgan fingerprint density at radius 1 is 1.06 bits per heavy atom. The first-order valence-corrected chi connectivity index (χ1v) is 10.8. The van der Waals surface area contributed by atoms with Crippen LogP contribution in [0.4, 0.5) is 5.13 Å². The monoisotopic (exact) mass is 438 g/mol. The van der Waals surface area contributed by atoms with Gasteiger partial charge in [0, 0.05) is 24.0 Å². The SMILES string of the molecule is Cc1ccc([C@H](CNC(=O)[C@H](O)Cc2ccccc2)C(=O)NCc2cnc(N)s2)cc1. The fourth-order valence-electron chi connectivity index (χ4n) is 3.11. The van der Waals surface area contributed by atoms with Crippen molar-refractivity contribution >= 4 is 28.3 Å². The molecule has 2 atom stereocenters. The lowest BCUT2D eigenvalue weighted by molar-refractivity contribution is -0.129. The summed E-state index contributed by atoms with van der Waals surface area (Å²) in [6.07, 6.45) is 0.647. The molecule has 0 saturated carbocycles. The summed E-state index contributed by atoms with van der Waals surface area (Å²) in [6, 6.07) is 16.9. The van der Waals surface area contributed by atoms with Crippen molar-refractivity contribution in [1.82, 2.24) is 15.6 Å². The van der Waals surface area contributed by atoms with Crippen molar-refractivity contribution in [2.45, 2.75) is 31.9 Å². The van der Waals surface area contributed by atoms with Crippen LogP contribution in [0.3, 0.4) is 0 Å². The number of amides is 2. The first-order chi connectivity index (χ1) is 14.9. The standard InChI is InChI=1S/C23H26N4O3S/c1-15-7-9-17(10-8-15)19(21(29)25-12-18-13-27-23(24)31-18)14-26-22(30)20(28)11-16-5-3-2-4-6-16/h2-10,13,19-20,28H,11-12,14H2,1H3,(H2,24,27)(H,25,29)(H,26,30)/t19-,20+/m0/s1. The molecule has 162 valence electrons. The highest BCUT2D eigenvalue weighted by molar-refractivity contribution is 7.15. The van der Waals surface area contributed by atoms with E-state index in [0.29, 0.717) is 11.7 Å². The van der Waals surface area contributed by atoms with Crippen LogP contribution in [0.2, 0.25) is 0 Å². The van der Waals surface area contributed by atoms with Crippen LogP contribution in [0.1, 0.15) is 27.5 Å². The van der Waals surface area contributed by atoms with Gasteiger partial charge in [-0.25, -0.2) is 4.98 Å². The topological polar surface area (TPSA) is 117 Å². The molecular formula is C23H26N4O3S. The minimum atomic E-state index is -1.19. The summed E-state index contributed by atoms with van der Waals surface area (Å²) in [5.41, 5.74) is 8.36. The predicted molar refractivity (Wildman–Crippen MR) is 121 cm³/mol. The number of carbonyl (C=O) groups excluding carboxylic acids is 2. The normalized spacial score (nSPS) is 12.7. The molecule has 0 aliphatic heterocycles. The molecule has 0 fully saturated rings. The van der Waals surface area contributed by atoms with Crippen LogP contribution in [0.25, 0.3) is 0 Å². The van der Waals surface area contributed by atoms with Crippen molar-refractivity contribution < 1.29 is 14.7 Å². The van der Waals surface area contributed by atoms with Crippen LogP contribution >= 0.6 is 11.3 Å². The minimum absolute atomic E-state index is 0.0738. The molecule has 2 amide bonds. The molecule has 2 aromatic carbocycles. The Morgan fingerprint density at radius 3 is 2.42 bits per heavy atom. The molecule has 0 saturated heterocycles. The van der Waals surface area contributed by atoms with Gasteiger partial charge >= 0.3 is 0 Å². The third kappa shape index (κ3) is 6.63. The number of aromatic nitrogens is 1. The smallest absolute Gasteiger partial charge is 0.249 e. The van der Waals surface area contributed by atoms with Crippen molar-refractivity contribution in [2.24, 2.45) is 0 Å². The van der Waals surface area contributed by atoms with E-state index in [-0.39, 0.29) is 18.9 Å². The van der Waals surface area contributed by atoms with E-state index in [2.05, 4.69) is 15.6 Å². The van der Waals surface area contributed by atoms with Gasteiger partial charge in [-0.3, -0.25) is 9.59 Å². The molecule has 3 aromatic rings. The van der Waals surface area contributed by atoms with Gasteiger partial charge in [0.1, 0.15) is 6.10 Å². The average Bonchev–Trinajstić information content (AvgIpc) is 3.19. The van der Waals surface area contributed by atoms with Crippen molar-refractivity contribution in [2.75, 3.05) is 12.3 Å². The van der Waals surface area contributed by atoms with Crippen LogP contribution in [-0.4, -0.2) is 34.6 Å². The first kappa shape index (κ1) is 22.5. The van der Waals surface area contributed by atoms with Gasteiger partial charge in [-0.05, 0) is 18.1 Å². The van der Waals surface area contributed by atoms with E-state index in [1.165, 1.54) is 11.3 Å². The highest BCUT2D eigenvalue weighted by Crippen LogP contribution is 2.18. The summed E-state index contributed by atoms with van der Waals surface area (Å²) in [7, 11) is 0. The maximum Gasteiger partial charge on any atom is 0.249 e. The van der Waals surface area contributed by atoms with E-state index < -0.39 is 17.9 Å². The third-order valence-electron chi connectivity index (χ3n) is 4.86. The van der Waals surface area contributed by atoms with Crippen molar-refractivity contribution in [3.8, 4) is 0 Å². The summed E-state index contributed by atoms with van der Waals surface area (Å²) >= 11 is 1.31. The Hall–Kier alpha value is -3.23. The quantitative estimate of drug-likeness (QED) is 0.408. The molecule has 5 N–H and O–H groups in total. The number of aryl methyl sites for hydroxylation is 1. The number of nitrogens with zero attached hydrogens (tertiary/aromatic N) is 1. The van der Waals surface area contributed by atoms with Gasteiger partial charge in [0.25, 0.3) is 0 Å². The van der Waals surface area contributed by atoms with Crippen LogP contribution in [0, 0.1) is 6.92 Å². The number of thiazole rings is 1. The van der Waals surface area contributed by atoms with Gasteiger partial charge in [-0.1, -0.05) is 60.2 Å². The number of aliphatic hydroxyl groups excluding tert-OH is 1. The van der Waals surface area contributed by atoms with Crippen molar-refractivity contribution in [1.29, 1.82) is 0 Å². The summed E-state index contributed by atoms with van der Waals surface area (Å²) in [4.78, 5) is 30.2. The zero-order valence-electron chi connectivity index (χ0n) is 17.2. The lowest BCUT2D eigenvalue weighted by Gasteiger charge is -2.19. The molecule has 0 radical (unpaired) electrons. The van der Waals surface area contributed by atoms with Gasteiger partial charge in [0.2, 0.25) is 11.8 Å². The Kier molecular flexibility index (Phi) is 7.75. The first-order valence-electron chi connectivity index (χ1n) is 9.96. The number of hydrogen-bond acceptors (Lipinski definition) is 6. The zero-order valence-corrected chi connectivity index (χ0v) is 18.1. The van der Waals surface area contributed by atoms with Crippen molar-refractivity contribution in [3.63, 3.8) is 0 Å². The summed E-state index contributed by atoms with van der Waals surface area (Å²) < 4.78 is 0. The second-order valence-corrected chi connectivity index (χ2v) is 8.44. The van der Waals surface area contributed by atoms with E-state index in [0.717, 1.165) is 21.6 Å². The molecule has 1 aromatic heterocycles. The Labute approximate surface area is 185 Å². The molecule has 0 aliphatic rings. The molecule has 0 spiro atoms. The molecule has 31 heavy (non-hydrogen) atoms. The lowest BCUT2D eigenvalue weighted by atomic mass is 9.96. The number of nitrogen functional groups attached to an aromatic ring is 1. The number of carbonyl (C=O) groups is 2. The highest BCUT2D eigenvalue weighted by Gasteiger charge is 2.23. The second kappa shape index (κ2) is 10.7. The fraction of sp³-hybridized carbons (Fsp3) is 0.261. The van der Waals surface area contributed by atoms with E-state index in [1.54, 1.807) is 6.20 Å². The number of anilines is 1. The largest absolute Gasteiger partial charge is 0.383 e. The van der Waals surface area contributed by atoms with E-state index in [1.807, 2.05) is 61.5 Å². The summed E-state index contributed by atoms with van der Waals surface area (Å²) in [6.45, 7) is 2.35. The molecule has 1 heterocycles. The van der Waals surface area contributed by atoms with Crippen molar-refractivity contribution in [3.05, 3.63) is 82.4 Å². The Balaban J connectivity index is 1.63. The van der Waals surface area contributed by atoms with E-state index in [4.69, 9.17) is 5.73 Å². The summed E-state index contributed by atoms with van der Waals surface area (Å²) in [5.74, 6) is -1.34. The number of nitrogens with one attached hydrogen (secondary N) is 2. The van der Waals surface area contributed by atoms with Crippen LogP contribution in [-0.2, 0) is 22.6 Å². The van der Waals surface area contributed by atoms with Crippen LogP contribution in [0.15, 0.2) is 60.8 Å². The Morgan fingerprint density at radius 2 is 1.77 bits per heavy atom. The Bertz CT molecular complexity index is 1010. The van der Waals surface area contributed by atoms with E-state index >= 15 is 0 Å². The van der Waals surface area contributed by atoms with Gasteiger partial charge in [0.05, 0.1) is 12.5 Å².